The minimum atomic E-state index is 0.301. The molecule has 1 amide bonds. The van der Waals surface area contributed by atoms with Crippen LogP contribution in [0.15, 0.2) is 18.5 Å². The van der Waals surface area contributed by atoms with Gasteiger partial charge in [0.15, 0.2) is 0 Å². The van der Waals surface area contributed by atoms with Gasteiger partial charge in [-0.1, -0.05) is 26.7 Å². The van der Waals surface area contributed by atoms with Gasteiger partial charge < -0.3 is 9.80 Å². The molecule has 1 saturated heterocycles. The first-order valence-electron chi connectivity index (χ1n) is 11.5. The smallest absolute Gasteiger partial charge is 0.236 e. The molecule has 1 aromatic rings. The van der Waals surface area contributed by atoms with Gasteiger partial charge in [-0.05, 0) is 58.3 Å². The summed E-state index contributed by atoms with van der Waals surface area (Å²) < 4.78 is 0. The fraction of sp³-hybridized carbons (Fsp3) is 0.783. The van der Waals surface area contributed by atoms with Crippen LogP contribution in [0.1, 0.15) is 58.2 Å². The van der Waals surface area contributed by atoms with E-state index >= 15 is 0 Å². The SMILES string of the molecule is CCCCN(CCCN(C)C)C(=O)CN1CC(CC)CC1CCc1ncccn1. The van der Waals surface area contributed by atoms with Crippen LogP contribution in [0.25, 0.3) is 0 Å². The van der Waals surface area contributed by atoms with Gasteiger partial charge in [0.2, 0.25) is 5.91 Å². The zero-order chi connectivity index (χ0) is 21.1. The Morgan fingerprint density at radius 3 is 2.52 bits per heavy atom. The monoisotopic (exact) mass is 403 g/mol. The van der Waals surface area contributed by atoms with E-state index in [1.807, 2.05) is 18.5 Å². The van der Waals surface area contributed by atoms with E-state index in [-0.39, 0.29) is 0 Å². The van der Waals surface area contributed by atoms with Crippen molar-refractivity contribution >= 4 is 5.91 Å². The lowest BCUT2D eigenvalue weighted by Crippen LogP contribution is -2.43. The van der Waals surface area contributed by atoms with Crippen molar-refractivity contribution in [3.05, 3.63) is 24.3 Å². The highest BCUT2D eigenvalue weighted by Gasteiger charge is 2.32. The molecule has 0 bridgehead atoms. The van der Waals surface area contributed by atoms with E-state index in [1.54, 1.807) is 0 Å². The zero-order valence-corrected chi connectivity index (χ0v) is 19.0. The number of aromatic nitrogens is 2. The number of rotatable bonds is 13. The predicted molar refractivity (Wildman–Crippen MR) is 119 cm³/mol. The summed E-state index contributed by atoms with van der Waals surface area (Å²) in [6.07, 6.45) is 11.2. The first-order valence-corrected chi connectivity index (χ1v) is 11.5. The summed E-state index contributed by atoms with van der Waals surface area (Å²) in [5.41, 5.74) is 0. The predicted octanol–water partition coefficient (Wildman–Crippen LogP) is 3.09. The lowest BCUT2D eigenvalue weighted by molar-refractivity contribution is -0.132. The number of aryl methyl sites for hydroxylation is 1. The van der Waals surface area contributed by atoms with Crippen molar-refractivity contribution in [2.75, 3.05) is 46.8 Å². The van der Waals surface area contributed by atoms with Crippen LogP contribution in [0.2, 0.25) is 0 Å². The maximum atomic E-state index is 13.1. The summed E-state index contributed by atoms with van der Waals surface area (Å²) >= 11 is 0. The Labute approximate surface area is 177 Å². The summed E-state index contributed by atoms with van der Waals surface area (Å²) in [6, 6.07) is 2.32. The third-order valence-electron chi connectivity index (χ3n) is 6.02. The highest BCUT2D eigenvalue weighted by Crippen LogP contribution is 2.28. The van der Waals surface area contributed by atoms with Crippen LogP contribution in [0, 0.1) is 5.92 Å². The fourth-order valence-electron chi connectivity index (χ4n) is 4.20. The maximum absolute atomic E-state index is 13.1. The van der Waals surface area contributed by atoms with Crippen molar-refractivity contribution in [3.63, 3.8) is 0 Å². The van der Waals surface area contributed by atoms with Crippen molar-refractivity contribution in [2.45, 2.75) is 64.8 Å². The molecule has 0 aromatic carbocycles. The molecule has 1 aliphatic rings. The van der Waals surface area contributed by atoms with E-state index in [4.69, 9.17) is 0 Å². The Morgan fingerprint density at radius 2 is 1.86 bits per heavy atom. The highest BCUT2D eigenvalue weighted by atomic mass is 16.2. The van der Waals surface area contributed by atoms with Gasteiger partial charge in [0.25, 0.3) is 0 Å². The molecule has 0 radical (unpaired) electrons. The van der Waals surface area contributed by atoms with E-state index in [0.717, 1.165) is 64.1 Å². The standard InChI is InChI=1S/C23H41N5O/c1-5-7-15-27(16-9-14-26(3)4)23(29)19-28-18-20(6-2)17-21(28)10-11-22-24-12-8-13-25-22/h8,12-13,20-21H,5-7,9-11,14-19H2,1-4H3. The molecular formula is C23H41N5O. The second kappa shape index (κ2) is 12.9. The minimum absolute atomic E-state index is 0.301. The summed E-state index contributed by atoms with van der Waals surface area (Å²) in [4.78, 5) is 28.6. The Kier molecular flexibility index (Phi) is 10.6. The summed E-state index contributed by atoms with van der Waals surface area (Å²) in [6.45, 7) is 8.83. The molecule has 29 heavy (non-hydrogen) atoms. The molecule has 0 aliphatic carbocycles. The van der Waals surface area contributed by atoms with Crippen LogP contribution in [-0.2, 0) is 11.2 Å². The van der Waals surface area contributed by atoms with Gasteiger partial charge in [-0.2, -0.15) is 0 Å². The van der Waals surface area contributed by atoms with Crippen molar-refractivity contribution in [3.8, 4) is 0 Å². The third-order valence-corrected chi connectivity index (χ3v) is 6.02. The zero-order valence-electron chi connectivity index (χ0n) is 19.0. The first kappa shape index (κ1) is 23.7. The van der Waals surface area contributed by atoms with Crippen LogP contribution in [-0.4, -0.2) is 83.4 Å². The number of carbonyl (C=O) groups is 1. The van der Waals surface area contributed by atoms with Crippen LogP contribution < -0.4 is 0 Å². The Morgan fingerprint density at radius 1 is 1.14 bits per heavy atom. The van der Waals surface area contributed by atoms with Gasteiger partial charge >= 0.3 is 0 Å². The van der Waals surface area contributed by atoms with Gasteiger partial charge in [0, 0.05) is 44.5 Å². The summed E-state index contributed by atoms with van der Waals surface area (Å²) in [7, 11) is 4.18. The van der Waals surface area contributed by atoms with E-state index in [2.05, 4.69) is 52.6 Å². The van der Waals surface area contributed by atoms with Crippen LogP contribution >= 0.6 is 0 Å². The molecular weight excluding hydrogens is 362 g/mol. The van der Waals surface area contributed by atoms with E-state index in [9.17, 15) is 4.79 Å². The van der Waals surface area contributed by atoms with Crippen LogP contribution in [0.4, 0.5) is 0 Å². The number of hydrogen-bond acceptors (Lipinski definition) is 5. The molecule has 0 N–H and O–H groups in total. The number of amides is 1. The lowest BCUT2D eigenvalue weighted by Gasteiger charge is -2.29. The quantitative estimate of drug-likeness (QED) is 0.507. The molecule has 1 aliphatic heterocycles. The topological polar surface area (TPSA) is 52.6 Å². The maximum Gasteiger partial charge on any atom is 0.236 e. The van der Waals surface area contributed by atoms with Gasteiger partial charge in [0.1, 0.15) is 5.82 Å². The molecule has 0 spiro atoms. The van der Waals surface area contributed by atoms with Crippen LogP contribution in [0.3, 0.4) is 0 Å². The number of hydrogen-bond donors (Lipinski definition) is 0. The normalized spacial score (nSPS) is 19.8. The lowest BCUT2D eigenvalue weighted by atomic mass is 10.0. The van der Waals surface area contributed by atoms with E-state index in [1.165, 1.54) is 12.8 Å². The van der Waals surface area contributed by atoms with Crippen molar-refractivity contribution in [1.29, 1.82) is 0 Å². The molecule has 0 saturated carbocycles. The molecule has 164 valence electrons. The fourth-order valence-corrected chi connectivity index (χ4v) is 4.20. The van der Waals surface area contributed by atoms with Crippen molar-refractivity contribution < 1.29 is 4.79 Å². The van der Waals surface area contributed by atoms with Gasteiger partial charge in [-0.15, -0.1) is 0 Å². The minimum Gasteiger partial charge on any atom is -0.342 e. The average molecular weight is 404 g/mol. The van der Waals surface area contributed by atoms with Gasteiger partial charge in [0.05, 0.1) is 6.54 Å². The van der Waals surface area contributed by atoms with Crippen LogP contribution in [0.5, 0.6) is 0 Å². The van der Waals surface area contributed by atoms with E-state index < -0.39 is 0 Å². The molecule has 2 unspecified atom stereocenters. The molecule has 1 fully saturated rings. The molecule has 6 nitrogen and oxygen atoms in total. The number of carbonyl (C=O) groups excluding carboxylic acids is 1. The first-order chi connectivity index (χ1) is 14.0. The number of likely N-dealkylation sites (tertiary alicyclic amines) is 1. The molecule has 1 aromatic heterocycles. The largest absolute Gasteiger partial charge is 0.342 e. The number of nitrogens with zero attached hydrogens (tertiary/aromatic N) is 5. The summed E-state index contributed by atoms with van der Waals surface area (Å²) in [5.74, 6) is 1.91. The average Bonchev–Trinajstić information content (AvgIpc) is 3.11. The second-order valence-electron chi connectivity index (χ2n) is 8.69. The Bertz CT molecular complexity index is 580. The Hall–Kier alpha value is -1.53. The second-order valence-corrected chi connectivity index (χ2v) is 8.69. The molecule has 6 heteroatoms. The Balaban J connectivity index is 1.93. The molecule has 2 atom stereocenters. The number of unbranched alkanes of at least 4 members (excludes halogenated alkanes) is 1. The highest BCUT2D eigenvalue weighted by molar-refractivity contribution is 5.78. The molecule has 2 rings (SSSR count). The third kappa shape index (κ3) is 8.39. The van der Waals surface area contributed by atoms with Gasteiger partial charge in [-0.25, -0.2) is 9.97 Å². The van der Waals surface area contributed by atoms with E-state index in [0.29, 0.717) is 24.4 Å². The van der Waals surface area contributed by atoms with Crippen molar-refractivity contribution in [1.82, 2.24) is 24.7 Å². The molecule has 2 heterocycles. The summed E-state index contributed by atoms with van der Waals surface area (Å²) in [5, 5.41) is 0. The van der Waals surface area contributed by atoms with Gasteiger partial charge in [-0.3, -0.25) is 9.69 Å². The van der Waals surface area contributed by atoms with Crippen molar-refractivity contribution in [2.24, 2.45) is 5.92 Å².